The summed E-state index contributed by atoms with van der Waals surface area (Å²) in [5.41, 5.74) is 1.78. The van der Waals surface area contributed by atoms with Crippen molar-refractivity contribution in [1.82, 2.24) is 25.0 Å². The van der Waals surface area contributed by atoms with Gasteiger partial charge in [-0.15, -0.1) is 21.5 Å². The number of nitrogens with one attached hydrogen (secondary N) is 1. The highest BCUT2D eigenvalue weighted by Crippen LogP contribution is 2.42. The van der Waals surface area contributed by atoms with Gasteiger partial charge in [0.15, 0.2) is 11.0 Å². The average molecular weight is 476 g/mol. The number of carbonyl (C=O) groups is 2. The van der Waals surface area contributed by atoms with Gasteiger partial charge in [-0.3, -0.25) is 9.59 Å². The first kappa shape index (κ1) is 23.3. The molecule has 2 amide bonds. The summed E-state index contributed by atoms with van der Waals surface area (Å²) in [4.78, 5) is 28.5. The molecule has 32 heavy (non-hydrogen) atoms. The molecule has 2 aliphatic rings. The Balaban J connectivity index is 1.36. The van der Waals surface area contributed by atoms with Crippen LogP contribution in [0.4, 0.5) is 0 Å². The summed E-state index contributed by atoms with van der Waals surface area (Å²) in [6.07, 6.45) is 5.58. The number of hydrogen-bond donors (Lipinski definition) is 1. The van der Waals surface area contributed by atoms with Gasteiger partial charge in [0, 0.05) is 25.0 Å². The molecular weight excluding hydrogens is 442 g/mol. The molecule has 0 saturated heterocycles. The monoisotopic (exact) mass is 475 g/mol. The topological polar surface area (TPSA) is 80.1 Å². The fourth-order valence-electron chi connectivity index (χ4n) is 4.07. The zero-order valence-electron chi connectivity index (χ0n) is 19.6. The normalized spacial score (nSPS) is 18.3. The van der Waals surface area contributed by atoms with Crippen molar-refractivity contribution in [1.29, 1.82) is 0 Å². The van der Waals surface area contributed by atoms with Gasteiger partial charge >= 0.3 is 0 Å². The van der Waals surface area contributed by atoms with Crippen molar-refractivity contribution in [2.24, 2.45) is 18.4 Å². The van der Waals surface area contributed by atoms with Crippen LogP contribution < -0.4 is 5.32 Å². The van der Waals surface area contributed by atoms with Crippen LogP contribution in [0.1, 0.15) is 50.5 Å². The van der Waals surface area contributed by atoms with E-state index >= 15 is 0 Å². The molecular formula is C23H33N5O2S2. The Hall–Kier alpha value is -1.87. The first-order valence-electron chi connectivity index (χ1n) is 11.3. The molecule has 0 aliphatic heterocycles. The van der Waals surface area contributed by atoms with Crippen molar-refractivity contribution in [3.05, 3.63) is 16.5 Å². The molecule has 0 aromatic carbocycles. The summed E-state index contributed by atoms with van der Waals surface area (Å²) in [7, 11) is 3.62. The number of likely N-dealkylation sites (N-methyl/N-ethyl adjacent to an activating group) is 1. The van der Waals surface area contributed by atoms with E-state index in [-0.39, 0.29) is 24.1 Å². The third kappa shape index (κ3) is 5.36. The molecule has 4 rings (SSSR count). The summed E-state index contributed by atoms with van der Waals surface area (Å²) in [5, 5.41) is 12.4. The maximum absolute atomic E-state index is 12.5. The van der Waals surface area contributed by atoms with Gasteiger partial charge in [0.2, 0.25) is 11.8 Å². The van der Waals surface area contributed by atoms with Crippen LogP contribution in [-0.2, 0) is 29.5 Å². The standard InChI is InChI=1S/C23H33N5O2S2/c1-23(2,3)15-6-9-17-14(10-15)11-18(32-17)21-25-26-22(28(21)5)31-13-20(30)27(4)12-19(29)24-16-7-8-16/h11,15-16H,6-10,12-13H2,1-5H3,(H,24,29). The van der Waals surface area contributed by atoms with Gasteiger partial charge in [0.05, 0.1) is 17.2 Å². The molecule has 0 spiro atoms. The van der Waals surface area contributed by atoms with Gasteiger partial charge in [-0.2, -0.15) is 0 Å². The van der Waals surface area contributed by atoms with Crippen molar-refractivity contribution in [2.45, 2.75) is 64.1 Å². The minimum absolute atomic E-state index is 0.0923. The molecule has 2 heterocycles. The average Bonchev–Trinajstić information content (AvgIpc) is 3.30. The summed E-state index contributed by atoms with van der Waals surface area (Å²) < 4.78 is 1.97. The van der Waals surface area contributed by atoms with Crippen molar-refractivity contribution >= 4 is 34.9 Å². The fourth-order valence-corrected chi connectivity index (χ4v) is 6.15. The number of carbonyl (C=O) groups excluding carboxylic acids is 2. The molecule has 0 bridgehead atoms. The van der Waals surface area contributed by atoms with Gasteiger partial charge in [-0.1, -0.05) is 32.5 Å². The molecule has 2 aromatic rings. The van der Waals surface area contributed by atoms with Crippen LogP contribution in [0.5, 0.6) is 0 Å². The van der Waals surface area contributed by atoms with Gasteiger partial charge in [0.1, 0.15) is 0 Å². The van der Waals surface area contributed by atoms with E-state index in [9.17, 15) is 9.59 Å². The second kappa shape index (κ2) is 9.17. The fraction of sp³-hybridized carbons (Fsp3) is 0.652. The zero-order valence-corrected chi connectivity index (χ0v) is 21.2. The number of fused-ring (bicyclic) bond motifs is 1. The van der Waals surface area contributed by atoms with E-state index in [1.165, 1.54) is 33.5 Å². The maximum atomic E-state index is 12.5. The number of hydrogen-bond acceptors (Lipinski definition) is 6. The summed E-state index contributed by atoms with van der Waals surface area (Å²) in [5.74, 6) is 1.60. The number of aromatic nitrogens is 3. The molecule has 1 saturated carbocycles. The minimum atomic E-state index is -0.0929. The molecule has 1 N–H and O–H groups in total. The first-order valence-corrected chi connectivity index (χ1v) is 13.1. The SMILES string of the molecule is CN(CC(=O)NC1CC1)C(=O)CSc1nnc(-c2cc3c(s2)CCC(C(C)(C)C)C3)n1C. The molecule has 9 heteroatoms. The van der Waals surface area contributed by atoms with Crippen LogP contribution in [0.2, 0.25) is 0 Å². The molecule has 1 unspecified atom stereocenters. The lowest BCUT2D eigenvalue weighted by Gasteiger charge is -2.33. The van der Waals surface area contributed by atoms with Crippen LogP contribution in [0.3, 0.4) is 0 Å². The lowest BCUT2D eigenvalue weighted by molar-refractivity contribution is -0.132. The smallest absolute Gasteiger partial charge is 0.239 e. The third-order valence-electron chi connectivity index (χ3n) is 6.44. The van der Waals surface area contributed by atoms with Crippen LogP contribution in [0.25, 0.3) is 10.7 Å². The second-order valence-electron chi connectivity index (χ2n) is 10.1. The third-order valence-corrected chi connectivity index (χ3v) is 8.67. The van der Waals surface area contributed by atoms with E-state index < -0.39 is 0 Å². The van der Waals surface area contributed by atoms with Gasteiger partial charge in [0.25, 0.3) is 0 Å². The van der Waals surface area contributed by atoms with E-state index in [1.807, 2.05) is 23.0 Å². The predicted molar refractivity (Wildman–Crippen MR) is 129 cm³/mol. The quantitative estimate of drug-likeness (QED) is 0.620. The molecule has 0 radical (unpaired) electrons. The Morgan fingerprint density at radius 2 is 2.03 bits per heavy atom. The Labute approximate surface area is 198 Å². The Bertz CT molecular complexity index is 1000. The highest BCUT2D eigenvalue weighted by Gasteiger charge is 2.30. The highest BCUT2D eigenvalue weighted by atomic mass is 32.2. The van der Waals surface area contributed by atoms with Crippen LogP contribution in [0.15, 0.2) is 11.2 Å². The molecule has 2 aliphatic carbocycles. The van der Waals surface area contributed by atoms with Crippen molar-refractivity contribution in [3.8, 4) is 10.7 Å². The molecule has 1 atom stereocenters. The molecule has 174 valence electrons. The number of thioether (sulfide) groups is 1. The van der Waals surface area contributed by atoms with Gasteiger partial charge < -0.3 is 14.8 Å². The van der Waals surface area contributed by atoms with Gasteiger partial charge in [-0.25, -0.2) is 0 Å². The van der Waals surface area contributed by atoms with E-state index in [0.717, 1.165) is 36.4 Å². The Kier molecular flexibility index (Phi) is 6.68. The van der Waals surface area contributed by atoms with E-state index in [2.05, 4.69) is 42.4 Å². The van der Waals surface area contributed by atoms with Crippen molar-refractivity contribution < 1.29 is 9.59 Å². The van der Waals surface area contributed by atoms with Gasteiger partial charge in [-0.05, 0) is 55.1 Å². The molecule has 7 nitrogen and oxygen atoms in total. The van der Waals surface area contributed by atoms with E-state index in [1.54, 1.807) is 7.05 Å². The van der Waals surface area contributed by atoms with Crippen LogP contribution in [-0.4, -0.2) is 56.9 Å². The van der Waals surface area contributed by atoms with Crippen LogP contribution >= 0.6 is 23.1 Å². The highest BCUT2D eigenvalue weighted by molar-refractivity contribution is 7.99. The lowest BCUT2D eigenvalue weighted by atomic mass is 9.72. The summed E-state index contributed by atoms with van der Waals surface area (Å²) >= 11 is 3.18. The Morgan fingerprint density at radius 1 is 1.28 bits per heavy atom. The number of aryl methyl sites for hydroxylation is 1. The molecule has 1 fully saturated rings. The number of thiophene rings is 1. The largest absolute Gasteiger partial charge is 0.352 e. The number of amides is 2. The maximum Gasteiger partial charge on any atom is 0.239 e. The summed E-state index contributed by atoms with van der Waals surface area (Å²) in [6.45, 7) is 7.09. The zero-order chi connectivity index (χ0) is 23.0. The molecule has 2 aromatic heterocycles. The van der Waals surface area contributed by atoms with E-state index in [4.69, 9.17) is 0 Å². The van der Waals surface area contributed by atoms with Crippen molar-refractivity contribution in [2.75, 3.05) is 19.3 Å². The second-order valence-corrected chi connectivity index (χ2v) is 12.2. The number of rotatable bonds is 7. The minimum Gasteiger partial charge on any atom is -0.352 e. The van der Waals surface area contributed by atoms with E-state index in [0.29, 0.717) is 22.5 Å². The predicted octanol–water partition coefficient (Wildman–Crippen LogP) is 3.52. The van der Waals surface area contributed by atoms with Crippen molar-refractivity contribution in [3.63, 3.8) is 0 Å². The lowest BCUT2D eigenvalue weighted by Crippen LogP contribution is -2.39. The van der Waals surface area contributed by atoms with Crippen LogP contribution in [0, 0.1) is 11.3 Å². The Morgan fingerprint density at radius 3 is 2.72 bits per heavy atom. The first-order chi connectivity index (χ1) is 15.1. The number of nitrogens with zero attached hydrogens (tertiary/aromatic N) is 4. The summed E-state index contributed by atoms with van der Waals surface area (Å²) in [6, 6.07) is 2.59.